The van der Waals surface area contributed by atoms with Crippen molar-refractivity contribution in [2.45, 2.75) is 58.5 Å². The van der Waals surface area contributed by atoms with E-state index in [1.165, 1.54) is 17.0 Å². The summed E-state index contributed by atoms with van der Waals surface area (Å²) in [7, 11) is -3.94. The number of nitrogens with one attached hydrogen (secondary N) is 1. The van der Waals surface area contributed by atoms with Crippen molar-refractivity contribution in [1.82, 2.24) is 9.62 Å². The fraction of sp³-hybridized carbons (Fsp3) is 0.452. The molecule has 0 unspecified atom stereocenters. The first-order valence-electron chi connectivity index (χ1n) is 14.5. The van der Waals surface area contributed by atoms with Gasteiger partial charge in [0.1, 0.15) is 24.6 Å². The van der Waals surface area contributed by atoms with Gasteiger partial charge in [0.15, 0.2) is 5.82 Å². The van der Waals surface area contributed by atoms with Gasteiger partial charge in [0.2, 0.25) is 0 Å². The van der Waals surface area contributed by atoms with Gasteiger partial charge in [-0.25, -0.2) is 23.0 Å². The highest BCUT2D eigenvalue weighted by Crippen LogP contribution is 2.41. The maximum Gasteiger partial charge on any atom is 0.422 e. The lowest BCUT2D eigenvalue weighted by atomic mass is 9.89. The van der Waals surface area contributed by atoms with E-state index in [9.17, 15) is 27.9 Å². The zero-order valence-electron chi connectivity index (χ0n) is 25.7. The van der Waals surface area contributed by atoms with E-state index >= 15 is 4.39 Å². The van der Waals surface area contributed by atoms with Gasteiger partial charge < -0.3 is 24.2 Å². The maximum absolute atomic E-state index is 16.7. The van der Waals surface area contributed by atoms with Gasteiger partial charge >= 0.3 is 28.4 Å². The second-order valence-electron chi connectivity index (χ2n) is 10.9. The average molecular weight is 650 g/mol. The fourth-order valence-electron chi connectivity index (χ4n) is 5.03. The second-order valence-corrected chi connectivity index (χ2v) is 12.5. The molecule has 0 saturated heterocycles. The molecule has 2 N–H and O–H groups in total. The molecule has 3 rings (SSSR count). The number of nitrogens with zero attached hydrogens (tertiary/aromatic N) is 2. The van der Waals surface area contributed by atoms with Crippen molar-refractivity contribution in [2.75, 3.05) is 31.2 Å². The van der Waals surface area contributed by atoms with Gasteiger partial charge in [-0.15, -0.1) is 0 Å². The molecular formula is C31H40FN3O9S. The molecule has 0 radical (unpaired) electrons. The first kappa shape index (κ1) is 35.2. The van der Waals surface area contributed by atoms with Gasteiger partial charge in [0, 0.05) is 19.0 Å². The zero-order chi connectivity index (χ0) is 33.1. The minimum Gasteiger partial charge on any atom is -0.491 e. The first-order chi connectivity index (χ1) is 21.4. The van der Waals surface area contributed by atoms with Crippen molar-refractivity contribution >= 4 is 34.1 Å². The highest BCUT2D eigenvalue weighted by Gasteiger charge is 2.38. The molecule has 1 heterocycles. The third-order valence-corrected chi connectivity index (χ3v) is 8.58. The van der Waals surface area contributed by atoms with Crippen LogP contribution >= 0.6 is 0 Å². The molecule has 0 aliphatic carbocycles. The van der Waals surface area contributed by atoms with Crippen LogP contribution in [0.15, 0.2) is 49.1 Å². The lowest BCUT2D eigenvalue weighted by Gasteiger charge is -2.37. The van der Waals surface area contributed by atoms with E-state index in [2.05, 4.69) is 11.3 Å². The lowest BCUT2D eigenvalue weighted by Crippen LogP contribution is -2.47. The van der Waals surface area contributed by atoms with Crippen LogP contribution < -0.4 is 13.8 Å². The van der Waals surface area contributed by atoms with Crippen LogP contribution in [-0.4, -0.2) is 69.5 Å². The molecule has 0 aromatic heterocycles. The molecule has 45 heavy (non-hydrogen) atoms. The van der Waals surface area contributed by atoms with Gasteiger partial charge in [-0.1, -0.05) is 69.7 Å². The minimum absolute atomic E-state index is 0.0172. The fourth-order valence-corrected chi connectivity index (χ4v) is 6.09. The Hall–Kier alpha value is -4.33. The number of anilines is 1. The Labute approximate surface area is 262 Å². The second kappa shape index (κ2) is 16.1. The highest BCUT2D eigenvalue weighted by molar-refractivity contribution is 7.91. The number of carbonyl (C=O) groups excluding carboxylic acids is 2. The summed E-state index contributed by atoms with van der Waals surface area (Å²) < 4.78 is 61.1. The molecule has 1 aliphatic rings. The topological polar surface area (TPSA) is 152 Å². The molecule has 1 aliphatic heterocycles. The summed E-state index contributed by atoms with van der Waals surface area (Å²) in [5, 5.41) is 9.97. The van der Waals surface area contributed by atoms with Crippen LogP contribution in [0, 0.1) is 11.7 Å². The third kappa shape index (κ3) is 9.58. The van der Waals surface area contributed by atoms with Crippen LogP contribution in [0.3, 0.4) is 0 Å². The predicted molar refractivity (Wildman–Crippen MR) is 165 cm³/mol. The Balaban J connectivity index is 2.12. The SMILES string of the molecule is C=CCOC(=O)NS(=O)(=O)N(CC(=O)OC)c1c(OCCc2ccccc2)cc2c(c1F)C[C@H](CCCC(C)C)N(C(=O)O)C2. The molecule has 0 spiro atoms. The maximum atomic E-state index is 16.7. The molecule has 12 nitrogen and oxygen atoms in total. The van der Waals surface area contributed by atoms with Crippen LogP contribution in [0.2, 0.25) is 0 Å². The predicted octanol–water partition coefficient (Wildman–Crippen LogP) is 4.81. The Morgan fingerprint density at radius 3 is 2.58 bits per heavy atom. The van der Waals surface area contributed by atoms with Gasteiger partial charge in [-0.2, -0.15) is 8.42 Å². The van der Waals surface area contributed by atoms with E-state index in [-0.39, 0.29) is 37.5 Å². The number of rotatable bonds is 15. The smallest absolute Gasteiger partial charge is 0.422 e. The van der Waals surface area contributed by atoms with Crippen molar-refractivity contribution in [1.29, 1.82) is 0 Å². The van der Waals surface area contributed by atoms with E-state index < -0.39 is 52.5 Å². The number of carboxylic acid groups (broad SMARTS) is 1. The molecule has 2 amide bonds. The van der Waals surface area contributed by atoms with E-state index in [1.54, 1.807) is 4.72 Å². The standard InChI is InChI=1S/C31H40FN3O9S/c1-5-15-44-30(37)33-45(40,41)35(20-27(36)42-4)29-26(43-16-14-22-11-7-6-8-12-22)17-23-19-34(31(38)39)24(13-9-10-21(2)3)18-25(23)28(29)32/h5-8,11-12,17,21,24H,1,9-10,13-16,18-20H2,2-4H3,(H,33,37)(H,38,39)/t24-/m0/s1. The highest BCUT2D eigenvalue weighted by atomic mass is 32.2. The number of ether oxygens (including phenoxy) is 3. The van der Waals surface area contributed by atoms with Crippen molar-refractivity contribution in [2.24, 2.45) is 5.92 Å². The lowest BCUT2D eigenvalue weighted by molar-refractivity contribution is -0.138. The van der Waals surface area contributed by atoms with Crippen molar-refractivity contribution < 1.29 is 46.5 Å². The van der Waals surface area contributed by atoms with Crippen molar-refractivity contribution in [3.8, 4) is 5.75 Å². The summed E-state index contributed by atoms with van der Waals surface area (Å²) in [4.78, 5) is 38.1. The number of halogens is 1. The molecule has 0 saturated carbocycles. The number of hydrogen-bond donors (Lipinski definition) is 2. The summed E-state index contributed by atoms with van der Waals surface area (Å²) in [6.45, 7) is 6.00. The van der Waals surface area contributed by atoms with Gasteiger partial charge in [0.05, 0.1) is 13.7 Å². The molecule has 2 aromatic carbocycles. The number of amides is 2. The molecule has 246 valence electrons. The zero-order valence-corrected chi connectivity index (χ0v) is 26.5. The van der Waals surface area contributed by atoms with Crippen molar-refractivity contribution in [3.05, 3.63) is 71.6 Å². The van der Waals surface area contributed by atoms with Crippen LogP contribution in [0.25, 0.3) is 0 Å². The number of fused-ring (bicyclic) bond motifs is 1. The molecule has 0 bridgehead atoms. The Bertz CT molecular complexity index is 1470. The van der Waals surface area contributed by atoms with Crippen LogP contribution in [0.4, 0.5) is 19.7 Å². The molecular weight excluding hydrogens is 609 g/mol. The summed E-state index contributed by atoms with van der Waals surface area (Å²) in [5.41, 5.74) is 0.652. The Morgan fingerprint density at radius 2 is 1.96 bits per heavy atom. The summed E-state index contributed by atoms with van der Waals surface area (Å²) in [6, 6.07) is 10.0. The monoisotopic (exact) mass is 649 g/mol. The molecule has 0 fully saturated rings. The summed E-state index contributed by atoms with van der Waals surface area (Å²) in [5.74, 6) is -1.94. The summed E-state index contributed by atoms with van der Waals surface area (Å²) in [6.07, 6.45) is 1.03. The van der Waals surface area contributed by atoms with E-state index in [4.69, 9.17) is 9.47 Å². The molecule has 2 aromatic rings. The number of benzene rings is 2. The van der Waals surface area contributed by atoms with Gasteiger partial charge in [-0.05, 0) is 41.5 Å². The third-order valence-electron chi connectivity index (χ3n) is 7.26. The Morgan fingerprint density at radius 1 is 1.24 bits per heavy atom. The molecule has 1 atom stereocenters. The summed E-state index contributed by atoms with van der Waals surface area (Å²) >= 11 is 0. The van der Waals surface area contributed by atoms with Crippen LogP contribution in [0.5, 0.6) is 5.75 Å². The van der Waals surface area contributed by atoms with Gasteiger partial charge in [-0.3, -0.25) is 4.79 Å². The number of esters is 1. The number of carbonyl (C=O) groups is 3. The minimum atomic E-state index is -4.97. The molecule has 14 heteroatoms. The quantitative estimate of drug-likeness (QED) is 0.204. The van der Waals surface area contributed by atoms with Gasteiger partial charge in [0.25, 0.3) is 0 Å². The van der Waals surface area contributed by atoms with E-state index in [1.807, 2.05) is 44.2 Å². The van der Waals surface area contributed by atoms with Crippen LogP contribution in [-0.2, 0) is 43.9 Å². The Kier molecular flexibility index (Phi) is 12.6. The van der Waals surface area contributed by atoms with Crippen LogP contribution in [0.1, 0.15) is 49.8 Å². The number of methoxy groups -OCH3 is 1. The number of hydrogen-bond acceptors (Lipinski definition) is 8. The average Bonchev–Trinajstić information content (AvgIpc) is 2.99. The van der Waals surface area contributed by atoms with Crippen molar-refractivity contribution in [3.63, 3.8) is 0 Å². The first-order valence-corrected chi connectivity index (χ1v) is 16.0. The van der Waals surface area contributed by atoms with E-state index in [0.29, 0.717) is 35.0 Å². The normalized spacial score (nSPS) is 14.3. The van der Waals surface area contributed by atoms with E-state index in [0.717, 1.165) is 19.1 Å². The largest absolute Gasteiger partial charge is 0.491 e.